The van der Waals surface area contributed by atoms with Crippen molar-refractivity contribution >= 4 is 33.8 Å². The molecule has 0 radical (unpaired) electrons. The second kappa shape index (κ2) is 9.46. The smallest absolute Gasteiger partial charge is 0.255 e. The molecule has 0 spiro atoms. The van der Waals surface area contributed by atoms with Gasteiger partial charge >= 0.3 is 0 Å². The quantitative estimate of drug-likeness (QED) is 0.599. The third-order valence-corrected chi connectivity index (χ3v) is 7.33. The fourth-order valence-corrected chi connectivity index (χ4v) is 5.20. The van der Waals surface area contributed by atoms with E-state index in [0.717, 1.165) is 24.1 Å². The number of aromatic nitrogens is 1. The SMILES string of the molecule is Cc1ccc(S(=O)(=O)N2CCCC2)cc1C(=O)Nc1cccc(/C=C/c2ccccn2)c1. The topological polar surface area (TPSA) is 79.4 Å². The van der Waals surface area contributed by atoms with Gasteiger partial charge in [-0.3, -0.25) is 9.78 Å². The summed E-state index contributed by atoms with van der Waals surface area (Å²) < 4.78 is 27.3. The molecule has 1 amide bonds. The highest BCUT2D eigenvalue weighted by Crippen LogP contribution is 2.24. The van der Waals surface area contributed by atoms with Crippen molar-refractivity contribution < 1.29 is 13.2 Å². The first-order valence-electron chi connectivity index (χ1n) is 10.5. The zero-order valence-electron chi connectivity index (χ0n) is 17.9. The van der Waals surface area contributed by atoms with E-state index in [1.807, 2.05) is 48.6 Å². The van der Waals surface area contributed by atoms with Crippen LogP contribution >= 0.6 is 0 Å². The molecule has 2 aromatic carbocycles. The van der Waals surface area contributed by atoms with E-state index in [1.165, 1.54) is 10.4 Å². The van der Waals surface area contributed by atoms with Crippen molar-refractivity contribution in [2.45, 2.75) is 24.7 Å². The Hall–Kier alpha value is -3.29. The van der Waals surface area contributed by atoms with E-state index in [1.54, 1.807) is 31.3 Å². The minimum atomic E-state index is -3.59. The van der Waals surface area contributed by atoms with Crippen LogP contribution in [0.3, 0.4) is 0 Å². The lowest BCUT2D eigenvalue weighted by Gasteiger charge is -2.17. The average molecular weight is 448 g/mol. The summed E-state index contributed by atoms with van der Waals surface area (Å²) in [5.41, 5.74) is 3.45. The zero-order valence-corrected chi connectivity index (χ0v) is 18.7. The van der Waals surface area contributed by atoms with Gasteiger partial charge in [-0.2, -0.15) is 4.31 Å². The number of nitrogens with zero attached hydrogens (tertiary/aromatic N) is 2. The molecule has 7 heteroatoms. The lowest BCUT2D eigenvalue weighted by atomic mass is 10.1. The molecule has 2 heterocycles. The normalized spacial score (nSPS) is 14.7. The zero-order chi connectivity index (χ0) is 22.6. The Labute approximate surface area is 188 Å². The number of rotatable bonds is 6. The van der Waals surface area contributed by atoms with Gasteiger partial charge < -0.3 is 5.32 Å². The van der Waals surface area contributed by atoms with Crippen molar-refractivity contribution in [1.82, 2.24) is 9.29 Å². The van der Waals surface area contributed by atoms with Gasteiger partial charge in [0, 0.05) is 30.5 Å². The maximum absolute atomic E-state index is 13.0. The summed E-state index contributed by atoms with van der Waals surface area (Å²) in [7, 11) is -3.59. The number of pyridine rings is 1. The van der Waals surface area contributed by atoms with Crippen molar-refractivity contribution in [3.05, 3.63) is 89.2 Å². The van der Waals surface area contributed by atoms with Gasteiger partial charge in [-0.15, -0.1) is 0 Å². The standard InChI is InChI=1S/C25H25N3O3S/c1-19-10-13-23(32(30,31)28-15-4-5-16-28)18-24(19)25(29)27-22-9-6-7-20(17-22)11-12-21-8-2-3-14-26-21/h2-3,6-14,17-18H,4-5,15-16H2,1H3,(H,27,29)/b12-11+. The molecule has 4 rings (SSSR count). The fraction of sp³-hybridized carbons (Fsp3) is 0.200. The highest BCUT2D eigenvalue weighted by molar-refractivity contribution is 7.89. The van der Waals surface area contributed by atoms with E-state index < -0.39 is 10.0 Å². The molecule has 164 valence electrons. The van der Waals surface area contributed by atoms with Crippen LogP contribution in [-0.4, -0.2) is 36.7 Å². The molecule has 6 nitrogen and oxygen atoms in total. The van der Waals surface area contributed by atoms with Crippen molar-refractivity contribution in [2.24, 2.45) is 0 Å². The molecule has 0 atom stereocenters. The number of amides is 1. The van der Waals surface area contributed by atoms with Crippen LogP contribution in [0.5, 0.6) is 0 Å². The highest BCUT2D eigenvalue weighted by Gasteiger charge is 2.28. The molecule has 0 saturated carbocycles. The first-order valence-corrected chi connectivity index (χ1v) is 12.0. The molecule has 1 fully saturated rings. The number of hydrogen-bond donors (Lipinski definition) is 1. The van der Waals surface area contributed by atoms with E-state index >= 15 is 0 Å². The average Bonchev–Trinajstić information content (AvgIpc) is 3.35. The molecule has 1 aliphatic rings. The number of carbonyl (C=O) groups is 1. The predicted molar refractivity (Wildman–Crippen MR) is 127 cm³/mol. The minimum absolute atomic E-state index is 0.155. The Kier molecular flexibility index (Phi) is 6.48. The monoisotopic (exact) mass is 447 g/mol. The first-order chi connectivity index (χ1) is 15.4. The molecule has 3 aromatic rings. The Bertz CT molecular complexity index is 1250. The van der Waals surface area contributed by atoms with Crippen molar-refractivity contribution in [3.8, 4) is 0 Å². The van der Waals surface area contributed by atoms with E-state index in [9.17, 15) is 13.2 Å². The summed E-state index contributed by atoms with van der Waals surface area (Å²) in [5.74, 6) is -0.341. The molecule has 0 unspecified atom stereocenters. The minimum Gasteiger partial charge on any atom is -0.322 e. The van der Waals surface area contributed by atoms with Crippen molar-refractivity contribution in [3.63, 3.8) is 0 Å². The Morgan fingerprint density at radius 3 is 2.56 bits per heavy atom. The van der Waals surface area contributed by atoms with Gasteiger partial charge in [0.05, 0.1) is 10.6 Å². The molecule has 1 aliphatic heterocycles. The molecule has 0 aliphatic carbocycles. The summed E-state index contributed by atoms with van der Waals surface area (Å²) in [6, 6.07) is 17.9. The van der Waals surface area contributed by atoms with Gasteiger partial charge in [0.25, 0.3) is 5.91 Å². The van der Waals surface area contributed by atoms with Crippen LogP contribution in [0.2, 0.25) is 0 Å². The van der Waals surface area contributed by atoms with Gasteiger partial charge in [0.1, 0.15) is 0 Å². The summed E-state index contributed by atoms with van der Waals surface area (Å²) in [5, 5.41) is 2.89. The number of carbonyl (C=O) groups excluding carboxylic acids is 1. The lowest BCUT2D eigenvalue weighted by molar-refractivity contribution is 0.102. The van der Waals surface area contributed by atoms with Crippen LogP contribution in [0, 0.1) is 6.92 Å². The Balaban J connectivity index is 1.53. The van der Waals surface area contributed by atoms with Crippen LogP contribution in [-0.2, 0) is 10.0 Å². The number of sulfonamides is 1. The number of anilines is 1. The third-order valence-electron chi connectivity index (χ3n) is 5.44. The molecular formula is C25H25N3O3S. The van der Waals surface area contributed by atoms with Gasteiger partial charge in [-0.1, -0.05) is 30.3 Å². The maximum atomic E-state index is 13.0. The van der Waals surface area contributed by atoms with E-state index in [4.69, 9.17) is 0 Å². The van der Waals surface area contributed by atoms with E-state index in [0.29, 0.717) is 29.9 Å². The summed E-state index contributed by atoms with van der Waals surface area (Å²) >= 11 is 0. The summed E-state index contributed by atoms with van der Waals surface area (Å²) in [6.45, 7) is 2.85. The molecule has 1 aromatic heterocycles. The van der Waals surface area contributed by atoms with Gasteiger partial charge in [-0.25, -0.2) is 8.42 Å². The fourth-order valence-electron chi connectivity index (χ4n) is 3.66. The summed E-state index contributed by atoms with van der Waals surface area (Å²) in [4.78, 5) is 17.4. The lowest BCUT2D eigenvalue weighted by Crippen LogP contribution is -2.28. The van der Waals surface area contributed by atoms with Crippen LogP contribution in [0.15, 0.2) is 71.8 Å². The van der Waals surface area contributed by atoms with Crippen LogP contribution in [0.4, 0.5) is 5.69 Å². The van der Waals surface area contributed by atoms with Gasteiger partial charge in [0.15, 0.2) is 0 Å². The Morgan fingerprint density at radius 2 is 1.81 bits per heavy atom. The van der Waals surface area contributed by atoms with Crippen LogP contribution in [0.1, 0.15) is 40.0 Å². The molecule has 0 bridgehead atoms. The molecular weight excluding hydrogens is 422 g/mol. The van der Waals surface area contributed by atoms with Crippen LogP contribution in [0.25, 0.3) is 12.2 Å². The van der Waals surface area contributed by atoms with Gasteiger partial charge in [0.2, 0.25) is 10.0 Å². The first kappa shape index (κ1) is 21.9. The third kappa shape index (κ3) is 4.95. The number of nitrogens with one attached hydrogen (secondary N) is 1. The van der Waals surface area contributed by atoms with Crippen LogP contribution < -0.4 is 5.32 Å². The van der Waals surface area contributed by atoms with E-state index in [2.05, 4.69) is 10.3 Å². The van der Waals surface area contributed by atoms with Crippen molar-refractivity contribution in [2.75, 3.05) is 18.4 Å². The van der Waals surface area contributed by atoms with E-state index in [-0.39, 0.29) is 10.8 Å². The second-order valence-corrected chi connectivity index (χ2v) is 9.69. The van der Waals surface area contributed by atoms with Gasteiger partial charge in [-0.05, 0) is 73.4 Å². The summed E-state index contributed by atoms with van der Waals surface area (Å²) in [6.07, 6.45) is 7.29. The molecule has 1 saturated heterocycles. The molecule has 1 N–H and O–H groups in total. The number of hydrogen-bond acceptors (Lipinski definition) is 4. The second-order valence-electron chi connectivity index (χ2n) is 7.76. The number of benzene rings is 2. The largest absolute Gasteiger partial charge is 0.322 e. The van der Waals surface area contributed by atoms with Crippen molar-refractivity contribution in [1.29, 1.82) is 0 Å². The number of aryl methyl sites for hydroxylation is 1. The molecule has 32 heavy (non-hydrogen) atoms. The maximum Gasteiger partial charge on any atom is 0.255 e. The predicted octanol–water partition coefficient (Wildman–Crippen LogP) is 4.60. The Morgan fingerprint density at radius 1 is 1.00 bits per heavy atom. The highest BCUT2D eigenvalue weighted by atomic mass is 32.2.